The second kappa shape index (κ2) is 5.86. The number of nitrogens with one attached hydrogen (secondary N) is 1. The number of rotatable bonds is 5. The first-order valence-corrected chi connectivity index (χ1v) is 6.70. The summed E-state index contributed by atoms with van der Waals surface area (Å²) in [6.45, 7) is 5.55. The van der Waals surface area contributed by atoms with Gasteiger partial charge in [-0.05, 0) is 43.1 Å². The molecule has 0 saturated heterocycles. The molecular weight excluding hydrogens is 232 g/mol. The SMILES string of the molecule is CC(C)(C#N)CNCCc1ccc2ccccc2c1. The maximum Gasteiger partial charge on any atom is 0.0697 e. The Hall–Kier alpha value is -1.85. The zero-order chi connectivity index (χ0) is 13.7. The van der Waals surface area contributed by atoms with Crippen molar-refractivity contribution in [2.24, 2.45) is 5.41 Å². The van der Waals surface area contributed by atoms with Gasteiger partial charge < -0.3 is 5.32 Å². The van der Waals surface area contributed by atoms with Crippen molar-refractivity contribution >= 4 is 10.8 Å². The summed E-state index contributed by atoms with van der Waals surface area (Å²) in [6, 6.07) is 17.3. The Balaban J connectivity index is 1.90. The maximum absolute atomic E-state index is 8.94. The Morgan fingerprint density at radius 1 is 1.11 bits per heavy atom. The number of nitrogens with zero attached hydrogens (tertiary/aromatic N) is 1. The highest BCUT2D eigenvalue weighted by molar-refractivity contribution is 5.82. The van der Waals surface area contributed by atoms with E-state index in [0.717, 1.165) is 19.5 Å². The molecule has 2 aromatic rings. The monoisotopic (exact) mass is 252 g/mol. The molecule has 0 saturated carbocycles. The molecule has 2 nitrogen and oxygen atoms in total. The Morgan fingerprint density at radius 2 is 1.84 bits per heavy atom. The summed E-state index contributed by atoms with van der Waals surface area (Å²) in [6.07, 6.45) is 0.992. The number of fused-ring (bicyclic) bond motifs is 1. The molecule has 0 unspecified atom stereocenters. The molecule has 0 atom stereocenters. The summed E-state index contributed by atoms with van der Waals surface area (Å²) in [4.78, 5) is 0. The Labute approximate surface area is 115 Å². The highest BCUT2D eigenvalue weighted by Crippen LogP contribution is 2.16. The zero-order valence-electron chi connectivity index (χ0n) is 11.6. The van der Waals surface area contributed by atoms with Gasteiger partial charge in [0, 0.05) is 6.54 Å². The van der Waals surface area contributed by atoms with E-state index in [9.17, 15) is 0 Å². The minimum Gasteiger partial charge on any atom is -0.315 e. The third-order valence-electron chi connectivity index (χ3n) is 3.27. The molecule has 0 amide bonds. The van der Waals surface area contributed by atoms with E-state index >= 15 is 0 Å². The van der Waals surface area contributed by atoms with Crippen LogP contribution in [0.3, 0.4) is 0 Å². The number of hydrogen-bond donors (Lipinski definition) is 1. The van der Waals surface area contributed by atoms with Crippen LogP contribution < -0.4 is 5.32 Å². The van der Waals surface area contributed by atoms with Crippen molar-refractivity contribution in [2.75, 3.05) is 13.1 Å². The highest BCUT2D eigenvalue weighted by Gasteiger charge is 2.15. The molecule has 2 aromatic carbocycles. The fraction of sp³-hybridized carbons (Fsp3) is 0.353. The third-order valence-corrected chi connectivity index (χ3v) is 3.27. The van der Waals surface area contributed by atoms with E-state index in [1.807, 2.05) is 13.8 Å². The van der Waals surface area contributed by atoms with Crippen LogP contribution in [0.2, 0.25) is 0 Å². The number of nitriles is 1. The molecule has 19 heavy (non-hydrogen) atoms. The van der Waals surface area contributed by atoms with E-state index in [-0.39, 0.29) is 5.41 Å². The summed E-state index contributed by atoms with van der Waals surface area (Å²) >= 11 is 0. The van der Waals surface area contributed by atoms with Gasteiger partial charge in [-0.25, -0.2) is 0 Å². The van der Waals surface area contributed by atoms with Gasteiger partial charge in [-0.1, -0.05) is 42.5 Å². The van der Waals surface area contributed by atoms with E-state index in [1.54, 1.807) is 0 Å². The summed E-state index contributed by atoms with van der Waals surface area (Å²) in [5.41, 5.74) is 1.05. The molecule has 1 N–H and O–H groups in total. The largest absolute Gasteiger partial charge is 0.315 e. The molecule has 2 rings (SSSR count). The van der Waals surface area contributed by atoms with Crippen LogP contribution in [0.1, 0.15) is 19.4 Å². The van der Waals surface area contributed by atoms with E-state index in [0.29, 0.717) is 0 Å². The summed E-state index contributed by atoms with van der Waals surface area (Å²) < 4.78 is 0. The van der Waals surface area contributed by atoms with Gasteiger partial charge in [0.25, 0.3) is 0 Å². The lowest BCUT2D eigenvalue weighted by Gasteiger charge is -2.15. The van der Waals surface area contributed by atoms with Crippen molar-refractivity contribution < 1.29 is 0 Å². The third kappa shape index (κ3) is 3.81. The van der Waals surface area contributed by atoms with E-state index in [4.69, 9.17) is 5.26 Å². The molecular formula is C17H20N2. The fourth-order valence-electron chi connectivity index (χ4n) is 2.07. The van der Waals surface area contributed by atoms with Crippen LogP contribution in [0, 0.1) is 16.7 Å². The molecule has 0 bridgehead atoms. The average Bonchev–Trinajstić information content (AvgIpc) is 2.43. The second-order valence-electron chi connectivity index (χ2n) is 5.60. The molecule has 0 heterocycles. The molecule has 0 aliphatic rings. The Kier molecular flexibility index (Phi) is 4.19. The molecule has 98 valence electrons. The van der Waals surface area contributed by atoms with Gasteiger partial charge in [-0.3, -0.25) is 0 Å². The lowest BCUT2D eigenvalue weighted by molar-refractivity contribution is 0.447. The van der Waals surface area contributed by atoms with Gasteiger partial charge in [0.05, 0.1) is 11.5 Å². The van der Waals surface area contributed by atoms with Crippen molar-refractivity contribution in [2.45, 2.75) is 20.3 Å². The predicted octanol–water partition coefficient (Wildman–Crippen LogP) is 3.52. The van der Waals surface area contributed by atoms with Gasteiger partial charge in [0.2, 0.25) is 0 Å². The smallest absolute Gasteiger partial charge is 0.0697 e. The topological polar surface area (TPSA) is 35.8 Å². The lowest BCUT2D eigenvalue weighted by Crippen LogP contribution is -2.29. The Morgan fingerprint density at radius 3 is 2.58 bits per heavy atom. The quantitative estimate of drug-likeness (QED) is 0.826. The van der Waals surface area contributed by atoms with Gasteiger partial charge in [-0.15, -0.1) is 0 Å². The first-order valence-electron chi connectivity index (χ1n) is 6.70. The summed E-state index contributed by atoms with van der Waals surface area (Å²) in [5, 5.41) is 14.9. The van der Waals surface area contributed by atoms with Crippen LogP contribution in [-0.4, -0.2) is 13.1 Å². The second-order valence-corrected chi connectivity index (χ2v) is 5.60. The lowest BCUT2D eigenvalue weighted by atomic mass is 9.96. The van der Waals surface area contributed by atoms with Crippen molar-refractivity contribution in [1.82, 2.24) is 5.32 Å². The van der Waals surface area contributed by atoms with Gasteiger partial charge in [-0.2, -0.15) is 5.26 Å². The van der Waals surface area contributed by atoms with Crippen LogP contribution in [0.25, 0.3) is 10.8 Å². The summed E-state index contributed by atoms with van der Waals surface area (Å²) in [7, 11) is 0. The van der Waals surface area contributed by atoms with Crippen LogP contribution in [-0.2, 0) is 6.42 Å². The number of benzene rings is 2. The van der Waals surface area contributed by atoms with Crippen molar-refractivity contribution in [3.8, 4) is 6.07 Å². The van der Waals surface area contributed by atoms with Gasteiger partial charge >= 0.3 is 0 Å². The van der Waals surface area contributed by atoms with Gasteiger partial charge in [0.15, 0.2) is 0 Å². The first-order chi connectivity index (χ1) is 9.11. The zero-order valence-corrected chi connectivity index (χ0v) is 11.6. The minimum atomic E-state index is -0.288. The molecule has 2 heteroatoms. The fourth-order valence-corrected chi connectivity index (χ4v) is 2.07. The standard InChI is InChI=1S/C17H20N2/c1-17(2,12-18)13-19-10-9-14-7-8-15-5-3-4-6-16(15)11-14/h3-8,11,19H,9-10,13H2,1-2H3. The highest BCUT2D eigenvalue weighted by atomic mass is 14.9. The predicted molar refractivity (Wildman–Crippen MR) is 79.9 cm³/mol. The van der Waals surface area contributed by atoms with E-state index in [2.05, 4.69) is 53.9 Å². The Bertz CT molecular complexity index is 593. The van der Waals surface area contributed by atoms with Crippen molar-refractivity contribution in [3.63, 3.8) is 0 Å². The van der Waals surface area contributed by atoms with Crippen LogP contribution in [0.4, 0.5) is 0 Å². The average molecular weight is 252 g/mol. The maximum atomic E-state index is 8.94. The van der Waals surface area contributed by atoms with Crippen molar-refractivity contribution in [1.29, 1.82) is 5.26 Å². The molecule has 0 fully saturated rings. The van der Waals surface area contributed by atoms with Crippen molar-refractivity contribution in [3.05, 3.63) is 48.0 Å². The molecule has 0 aliphatic heterocycles. The molecule has 0 spiro atoms. The molecule has 0 radical (unpaired) electrons. The minimum absolute atomic E-state index is 0.288. The molecule has 0 aromatic heterocycles. The van der Waals surface area contributed by atoms with Crippen LogP contribution in [0.5, 0.6) is 0 Å². The first kappa shape index (κ1) is 13.6. The number of hydrogen-bond acceptors (Lipinski definition) is 2. The normalized spacial score (nSPS) is 11.4. The van der Waals surface area contributed by atoms with E-state index < -0.39 is 0 Å². The van der Waals surface area contributed by atoms with Gasteiger partial charge in [0.1, 0.15) is 0 Å². The molecule has 0 aliphatic carbocycles. The van der Waals surface area contributed by atoms with E-state index in [1.165, 1.54) is 16.3 Å². The van der Waals surface area contributed by atoms with Crippen LogP contribution >= 0.6 is 0 Å². The van der Waals surface area contributed by atoms with Crippen LogP contribution in [0.15, 0.2) is 42.5 Å². The summed E-state index contributed by atoms with van der Waals surface area (Å²) in [5.74, 6) is 0.